The van der Waals surface area contributed by atoms with Crippen LogP contribution in [0.25, 0.3) is 0 Å². The molecule has 0 saturated heterocycles. The van der Waals surface area contributed by atoms with E-state index >= 15 is 0 Å². The number of benzene rings is 2. The van der Waals surface area contributed by atoms with Crippen LogP contribution in [0.5, 0.6) is 0 Å². The summed E-state index contributed by atoms with van der Waals surface area (Å²) in [5, 5.41) is 0. The number of unbranched alkanes of at least 4 members (excludes halogenated alkanes) is 3. The monoisotopic (exact) mass is 376 g/mol. The summed E-state index contributed by atoms with van der Waals surface area (Å²) in [5.74, 6) is 0. The average Bonchev–Trinajstić information content (AvgIpc) is 2.58. The van der Waals surface area contributed by atoms with Crippen LogP contribution in [0.4, 0.5) is 0 Å². The van der Waals surface area contributed by atoms with Crippen molar-refractivity contribution in [1.29, 1.82) is 0 Å². The molecule has 2 rings (SSSR count). The van der Waals surface area contributed by atoms with E-state index in [-0.39, 0.29) is 0 Å². The molecule has 22 heavy (non-hydrogen) atoms. The third-order valence-corrected chi connectivity index (χ3v) is 6.75. The Hall–Kier alpha value is -0.951. The molecular formula is C20H24SSe. The van der Waals surface area contributed by atoms with Gasteiger partial charge in [0.1, 0.15) is 0 Å². The van der Waals surface area contributed by atoms with Crippen LogP contribution in [0.1, 0.15) is 39.0 Å². The Bertz CT molecular complexity index is 548. The topological polar surface area (TPSA) is 0 Å². The van der Waals surface area contributed by atoms with Crippen LogP contribution in [0, 0.1) is 0 Å². The van der Waals surface area contributed by atoms with Crippen LogP contribution in [0.15, 0.2) is 75.4 Å². The molecule has 0 aliphatic heterocycles. The Morgan fingerprint density at radius 2 is 1.59 bits per heavy atom. The summed E-state index contributed by atoms with van der Waals surface area (Å²) in [6.45, 7) is 2.27. The zero-order valence-electron chi connectivity index (χ0n) is 13.2. The molecule has 0 N–H and O–H groups in total. The zero-order chi connectivity index (χ0) is 15.5. The van der Waals surface area contributed by atoms with Gasteiger partial charge in [0.2, 0.25) is 0 Å². The van der Waals surface area contributed by atoms with Crippen molar-refractivity contribution in [2.24, 2.45) is 0 Å². The van der Waals surface area contributed by atoms with Crippen molar-refractivity contribution in [3.05, 3.63) is 70.5 Å². The molecule has 2 heteroatoms. The zero-order valence-corrected chi connectivity index (χ0v) is 15.7. The molecule has 0 amide bonds. The summed E-state index contributed by atoms with van der Waals surface area (Å²) < 4.78 is 1.45. The van der Waals surface area contributed by atoms with E-state index in [0.29, 0.717) is 15.0 Å². The quantitative estimate of drug-likeness (QED) is 0.311. The van der Waals surface area contributed by atoms with E-state index in [2.05, 4.69) is 72.6 Å². The van der Waals surface area contributed by atoms with Gasteiger partial charge in [-0.2, -0.15) is 0 Å². The Morgan fingerprint density at radius 3 is 2.27 bits per heavy atom. The van der Waals surface area contributed by atoms with E-state index in [1.165, 1.54) is 46.4 Å². The molecule has 116 valence electrons. The first kappa shape index (κ1) is 17.4. The Kier molecular flexibility index (Phi) is 8.48. The van der Waals surface area contributed by atoms with Crippen molar-refractivity contribution >= 4 is 31.2 Å². The van der Waals surface area contributed by atoms with Gasteiger partial charge in [0.25, 0.3) is 0 Å². The van der Waals surface area contributed by atoms with Gasteiger partial charge in [0.15, 0.2) is 0 Å². The Balaban J connectivity index is 1.97. The fourth-order valence-electron chi connectivity index (χ4n) is 2.13. The molecule has 0 fully saturated rings. The van der Waals surface area contributed by atoms with Crippen molar-refractivity contribution in [2.75, 3.05) is 0 Å². The molecule has 0 unspecified atom stereocenters. The van der Waals surface area contributed by atoms with Crippen LogP contribution >= 0.6 is 11.8 Å². The number of rotatable bonds is 9. The fourth-order valence-corrected chi connectivity index (χ4v) is 5.04. The van der Waals surface area contributed by atoms with Gasteiger partial charge in [-0.15, -0.1) is 0 Å². The average molecular weight is 375 g/mol. The second-order valence-corrected chi connectivity index (χ2v) is 8.42. The number of hydrogen-bond donors (Lipinski definition) is 0. The van der Waals surface area contributed by atoms with Gasteiger partial charge >= 0.3 is 146 Å². The number of hydrogen-bond acceptors (Lipinski definition) is 1. The molecule has 2 aromatic carbocycles. The third kappa shape index (κ3) is 6.87. The SMILES string of the molecule is CCCCCC/C(=C/[Se]c1ccccc1)Sc1ccccc1. The summed E-state index contributed by atoms with van der Waals surface area (Å²) >= 11 is 2.38. The second-order valence-electron chi connectivity index (χ2n) is 5.24. The molecule has 0 spiro atoms. The van der Waals surface area contributed by atoms with Gasteiger partial charge in [-0.3, -0.25) is 0 Å². The molecule has 0 aromatic heterocycles. The molecular weight excluding hydrogens is 351 g/mol. The van der Waals surface area contributed by atoms with E-state index in [1.807, 2.05) is 11.8 Å². The van der Waals surface area contributed by atoms with Gasteiger partial charge in [0.05, 0.1) is 0 Å². The van der Waals surface area contributed by atoms with Gasteiger partial charge in [-0.25, -0.2) is 0 Å². The molecule has 0 saturated carbocycles. The summed E-state index contributed by atoms with van der Waals surface area (Å²) in [6.07, 6.45) is 6.53. The van der Waals surface area contributed by atoms with Crippen LogP contribution in [-0.4, -0.2) is 15.0 Å². The molecule has 0 aliphatic carbocycles. The molecule has 0 radical (unpaired) electrons. The third-order valence-electron chi connectivity index (χ3n) is 3.34. The minimum absolute atomic E-state index is 0.434. The molecule has 0 atom stereocenters. The predicted molar refractivity (Wildman–Crippen MR) is 101 cm³/mol. The molecule has 0 bridgehead atoms. The number of allylic oxidation sites excluding steroid dienone is 1. The van der Waals surface area contributed by atoms with E-state index in [4.69, 9.17) is 0 Å². The van der Waals surface area contributed by atoms with Gasteiger partial charge in [0, 0.05) is 0 Å². The van der Waals surface area contributed by atoms with Crippen LogP contribution < -0.4 is 4.46 Å². The summed E-state index contributed by atoms with van der Waals surface area (Å²) in [7, 11) is 0. The van der Waals surface area contributed by atoms with Crippen molar-refractivity contribution < 1.29 is 0 Å². The van der Waals surface area contributed by atoms with E-state index in [9.17, 15) is 0 Å². The van der Waals surface area contributed by atoms with Crippen LogP contribution in [0.2, 0.25) is 0 Å². The first-order valence-corrected chi connectivity index (χ1v) is 10.7. The van der Waals surface area contributed by atoms with Crippen molar-refractivity contribution in [3.63, 3.8) is 0 Å². The van der Waals surface area contributed by atoms with Crippen LogP contribution in [-0.2, 0) is 0 Å². The van der Waals surface area contributed by atoms with E-state index < -0.39 is 0 Å². The Labute approximate surface area is 145 Å². The predicted octanol–water partition coefficient (Wildman–Crippen LogP) is 5.62. The summed E-state index contributed by atoms with van der Waals surface area (Å²) in [6, 6.07) is 21.6. The van der Waals surface area contributed by atoms with Gasteiger partial charge in [-0.1, -0.05) is 0 Å². The maximum absolute atomic E-state index is 2.48. The maximum atomic E-state index is 2.48. The Morgan fingerprint density at radius 1 is 0.909 bits per heavy atom. The minimum atomic E-state index is 0.434. The first-order valence-electron chi connectivity index (χ1n) is 8.02. The van der Waals surface area contributed by atoms with Crippen molar-refractivity contribution in [2.45, 2.75) is 43.9 Å². The normalized spacial score (nSPS) is 11.6. The summed E-state index contributed by atoms with van der Waals surface area (Å²) in [5.41, 5.74) is 0. The van der Waals surface area contributed by atoms with Crippen LogP contribution in [0.3, 0.4) is 0 Å². The molecule has 0 nitrogen and oxygen atoms in total. The van der Waals surface area contributed by atoms with Gasteiger partial charge in [-0.05, 0) is 0 Å². The van der Waals surface area contributed by atoms with E-state index in [1.54, 1.807) is 0 Å². The van der Waals surface area contributed by atoms with E-state index in [0.717, 1.165) is 0 Å². The molecule has 0 heterocycles. The summed E-state index contributed by atoms with van der Waals surface area (Å²) in [4.78, 5) is 5.37. The first-order chi connectivity index (χ1) is 10.9. The molecule has 0 aliphatic rings. The second kappa shape index (κ2) is 10.7. The standard InChI is InChI=1S/C20H24SSe/c1-2-3-4-7-14-19(21-18-12-8-5-9-13-18)17-22-20-15-10-6-11-16-20/h5-6,8-13,15-17H,2-4,7,14H2,1H3/b19-17-. The van der Waals surface area contributed by atoms with Gasteiger partial charge < -0.3 is 0 Å². The van der Waals surface area contributed by atoms with Crippen molar-refractivity contribution in [3.8, 4) is 0 Å². The number of thioether (sulfide) groups is 1. The fraction of sp³-hybridized carbons (Fsp3) is 0.300. The molecule has 2 aromatic rings. The van der Waals surface area contributed by atoms with Crippen molar-refractivity contribution in [1.82, 2.24) is 0 Å².